The maximum atomic E-state index is 12.1. The second-order valence-electron chi connectivity index (χ2n) is 4.05. The van der Waals surface area contributed by atoms with Crippen molar-refractivity contribution in [2.45, 2.75) is 6.61 Å². The zero-order valence-corrected chi connectivity index (χ0v) is 12.3. The average molecular weight is 310 g/mol. The Balaban J connectivity index is 2.40. The van der Waals surface area contributed by atoms with Crippen molar-refractivity contribution in [3.8, 4) is 11.7 Å². The molecule has 0 bridgehead atoms. The van der Waals surface area contributed by atoms with Gasteiger partial charge in [0.05, 0.1) is 12.8 Å². The molecule has 0 saturated heterocycles. The van der Waals surface area contributed by atoms with Crippen LogP contribution in [0.2, 0.25) is 0 Å². The van der Waals surface area contributed by atoms with Crippen molar-refractivity contribution >= 4 is 17.9 Å². The molecule has 1 N–H and O–H groups in total. The number of ether oxygens (including phenoxy) is 1. The highest BCUT2D eigenvalue weighted by molar-refractivity contribution is 7.96. The summed E-state index contributed by atoms with van der Waals surface area (Å²) in [5.41, 5.74) is 2.99. The van der Waals surface area contributed by atoms with Crippen molar-refractivity contribution < 1.29 is 14.4 Å². The van der Waals surface area contributed by atoms with Gasteiger partial charge in [-0.05, 0) is 6.07 Å². The smallest absolute Gasteiger partial charge is 0.353 e. The van der Waals surface area contributed by atoms with Gasteiger partial charge in [0, 0.05) is 12.6 Å². The highest BCUT2D eigenvalue weighted by Crippen LogP contribution is 2.18. The van der Waals surface area contributed by atoms with Crippen LogP contribution in [0.4, 0.5) is 4.79 Å². The van der Waals surface area contributed by atoms with E-state index in [0.717, 1.165) is 0 Å². The summed E-state index contributed by atoms with van der Waals surface area (Å²) in [4.78, 5) is 27.8. The van der Waals surface area contributed by atoms with E-state index in [4.69, 9.17) is 9.57 Å². The monoisotopic (exact) mass is 310 g/mol. The number of carbonyl (C=O) groups excluding carboxylic acids is 1. The molecule has 0 spiro atoms. The molecule has 112 valence electrons. The summed E-state index contributed by atoms with van der Waals surface area (Å²) in [5.74, 6) is 0. The van der Waals surface area contributed by atoms with Crippen LogP contribution < -0.4 is 15.9 Å². The molecule has 0 aliphatic heterocycles. The number of rotatable bonds is 5. The first-order valence-corrected chi connectivity index (χ1v) is 6.38. The molecule has 2 aromatic rings. The number of aryl methyl sites for hydroxylation is 1. The lowest BCUT2D eigenvalue weighted by Gasteiger charge is -2.10. The Kier molecular flexibility index (Phi) is 4.66. The predicted molar refractivity (Wildman–Crippen MR) is 77.7 cm³/mol. The number of hydrogen-bond acceptors (Lipinski definition) is 5. The Morgan fingerprint density at radius 2 is 2.14 bits per heavy atom. The molecule has 1 aromatic heterocycles. The van der Waals surface area contributed by atoms with Crippen molar-refractivity contribution in [1.82, 2.24) is 19.8 Å². The van der Waals surface area contributed by atoms with E-state index in [1.807, 2.05) is 0 Å². The molecule has 0 aliphatic rings. The first kappa shape index (κ1) is 15.1. The SMILES string of the molecule is COc1nn(C)c(=O)n1-c1ccccc1CONC(=O)S. The number of nitrogens with zero attached hydrogens (tertiary/aromatic N) is 3. The van der Waals surface area contributed by atoms with E-state index in [1.54, 1.807) is 24.3 Å². The van der Waals surface area contributed by atoms with Gasteiger partial charge in [0.1, 0.15) is 6.61 Å². The zero-order valence-electron chi connectivity index (χ0n) is 11.4. The number of thiol groups is 1. The minimum atomic E-state index is -0.608. The normalized spacial score (nSPS) is 10.4. The summed E-state index contributed by atoms with van der Waals surface area (Å²) < 4.78 is 7.60. The number of hydroxylamine groups is 1. The molecule has 0 saturated carbocycles. The molecule has 0 aliphatic carbocycles. The van der Waals surface area contributed by atoms with Gasteiger partial charge in [-0.15, -0.1) is 5.10 Å². The van der Waals surface area contributed by atoms with Crippen LogP contribution in [0, 0.1) is 0 Å². The highest BCUT2D eigenvalue weighted by atomic mass is 32.1. The van der Waals surface area contributed by atoms with Crippen LogP contribution in [-0.4, -0.2) is 26.7 Å². The molecule has 1 heterocycles. The van der Waals surface area contributed by atoms with E-state index in [1.165, 1.54) is 23.4 Å². The van der Waals surface area contributed by atoms with Gasteiger partial charge >= 0.3 is 11.7 Å². The van der Waals surface area contributed by atoms with Crippen molar-refractivity contribution in [3.05, 3.63) is 40.3 Å². The standard InChI is InChI=1S/C12H14N4O4S/c1-15-12(18)16(10(13-15)19-2)9-6-4-3-5-8(9)7-20-14-11(17)21/h3-6H,7H2,1-2H3,(H2,14,17,21). The Morgan fingerprint density at radius 3 is 2.81 bits per heavy atom. The van der Waals surface area contributed by atoms with Crippen LogP contribution in [0.5, 0.6) is 6.01 Å². The molecule has 0 unspecified atom stereocenters. The zero-order chi connectivity index (χ0) is 15.4. The Labute approximate surface area is 125 Å². The van der Waals surface area contributed by atoms with Crippen LogP contribution >= 0.6 is 12.6 Å². The third-order valence-corrected chi connectivity index (χ3v) is 2.79. The van der Waals surface area contributed by atoms with Crippen molar-refractivity contribution in [2.24, 2.45) is 7.05 Å². The van der Waals surface area contributed by atoms with Gasteiger partial charge < -0.3 is 4.74 Å². The molecule has 1 aromatic carbocycles. The highest BCUT2D eigenvalue weighted by Gasteiger charge is 2.16. The predicted octanol–water partition coefficient (Wildman–Crippen LogP) is 0.651. The van der Waals surface area contributed by atoms with Gasteiger partial charge in [-0.25, -0.2) is 19.5 Å². The number of aromatic nitrogens is 3. The van der Waals surface area contributed by atoms with Crippen LogP contribution in [0.25, 0.3) is 5.69 Å². The second-order valence-corrected chi connectivity index (χ2v) is 4.46. The summed E-state index contributed by atoms with van der Waals surface area (Å²) >= 11 is 3.53. The summed E-state index contributed by atoms with van der Waals surface area (Å²) in [6.45, 7) is 0.0625. The lowest BCUT2D eigenvalue weighted by Crippen LogP contribution is -2.23. The fourth-order valence-corrected chi connectivity index (χ4v) is 1.87. The minimum absolute atomic E-state index is 0.0625. The average Bonchev–Trinajstić information content (AvgIpc) is 2.74. The molecular weight excluding hydrogens is 296 g/mol. The molecule has 8 nitrogen and oxygen atoms in total. The minimum Gasteiger partial charge on any atom is -0.467 e. The summed E-state index contributed by atoms with van der Waals surface area (Å²) in [6, 6.07) is 7.22. The molecule has 0 radical (unpaired) electrons. The first-order chi connectivity index (χ1) is 10.0. The Bertz CT molecular complexity index is 710. The summed E-state index contributed by atoms with van der Waals surface area (Å²) in [5, 5.41) is 3.37. The van der Waals surface area contributed by atoms with Crippen molar-refractivity contribution in [2.75, 3.05) is 7.11 Å². The number of nitrogens with one attached hydrogen (secondary N) is 1. The van der Waals surface area contributed by atoms with Crippen LogP contribution in [0.1, 0.15) is 5.56 Å². The largest absolute Gasteiger partial charge is 0.467 e. The fraction of sp³-hybridized carbons (Fsp3) is 0.250. The Hall–Kier alpha value is -2.26. The number of carbonyl (C=O) groups is 1. The molecule has 2 rings (SSSR count). The number of hydrogen-bond donors (Lipinski definition) is 2. The number of benzene rings is 1. The first-order valence-electron chi connectivity index (χ1n) is 5.93. The number of para-hydroxylation sites is 1. The van der Waals surface area contributed by atoms with Crippen molar-refractivity contribution in [1.29, 1.82) is 0 Å². The molecule has 21 heavy (non-hydrogen) atoms. The maximum Gasteiger partial charge on any atom is 0.353 e. The van der Waals surface area contributed by atoms with E-state index < -0.39 is 5.24 Å². The third kappa shape index (κ3) is 3.26. The number of amides is 1. The molecule has 1 amide bonds. The quantitative estimate of drug-likeness (QED) is 0.625. The van der Waals surface area contributed by atoms with Gasteiger partial charge in [0.25, 0.3) is 5.24 Å². The van der Waals surface area contributed by atoms with Gasteiger partial charge in [-0.1, -0.05) is 30.8 Å². The van der Waals surface area contributed by atoms with E-state index in [9.17, 15) is 9.59 Å². The Morgan fingerprint density at radius 1 is 1.43 bits per heavy atom. The fourth-order valence-electron chi connectivity index (χ4n) is 1.81. The molecule has 9 heteroatoms. The topological polar surface area (TPSA) is 87.4 Å². The lowest BCUT2D eigenvalue weighted by atomic mass is 10.2. The van der Waals surface area contributed by atoms with E-state index in [-0.39, 0.29) is 18.3 Å². The van der Waals surface area contributed by atoms with E-state index in [2.05, 4.69) is 23.2 Å². The van der Waals surface area contributed by atoms with Gasteiger partial charge in [-0.3, -0.25) is 9.63 Å². The third-order valence-electron chi connectivity index (χ3n) is 2.70. The van der Waals surface area contributed by atoms with Crippen LogP contribution in [0.15, 0.2) is 29.1 Å². The second kappa shape index (κ2) is 6.46. The summed E-state index contributed by atoms with van der Waals surface area (Å²) in [7, 11) is 2.96. The summed E-state index contributed by atoms with van der Waals surface area (Å²) in [6.07, 6.45) is 0. The van der Waals surface area contributed by atoms with Gasteiger partial charge in [-0.2, -0.15) is 0 Å². The van der Waals surface area contributed by atoms with Gasteiger partial charge in [0.2, 0.25) is 0 Å². The van der Waals surface area contributed by atoms with E-state index in [0.29, 0.717) is 11.3 Å². The number of methoxy groups -OCH3 is 1. The molecular formula is C12H14N4O4S. The van der Waals surface area contributed by atoms with Crippen molar-refractivity contribution in [3.63, 3.8) is 0 Å². The molecule has 0 atom stereocenters. The van der Waals surface area contributed by atoms with E-state index >= 15 is 0 Å². The maximum absolute atomic E-state index is 12.1. The van der Waals surface area contributed by atoms with Crippen LogP contribution in [0.3, 0.4) is 0 Å². The van der Waals surface area contributed by atoms with Crippen LogP contribution in [-0.2, 0) is 18.5 Å². The lowest BCUT2D eigenvalue weighted by molar-refractivity contribution is 0.0577. The molecule has 0 fully saturated rings. The van der Waals surface area contributed by atoms with Gasteiger partial charge in [0.15, 0.2) is 0 Å².